The third-order valence-electron chi connectivity index (χ3n) is 2.10. The predicted molar refractivity (Wildman–Crippen MR) is 69.4 cm³/mol. The highest BCUT2D eigenvalue weighted by atomic mass is 79.9. The second kappa shape index (κ2) is 6.53. The lowest BCUT2D eigenvalue weighted by Crippen LogP contribution is -2.12. The van der Waals surface area contributed by atoms with Gasteiger partial charge in [-0.1, -0.05) is 15.9 Å². The quantitative estimate of drug-likeness (QED) is 0.845. The maximum atomic E-state index is 11.4. The van der Waals surface area contributed by atoms with Crippen LogP contribution in [0.4, 0.5) is 5.69 Å². The van der Waals surface area contributed by atoms with Crippen molar-refractivity contribution in [2.45, 2.75) is 20.3 Å². The summed E-state index contributed by atoms with van der Waals surface area (Å²) in [5.74, 6) is 0.850. The molecule has 4 heteroatoms. The summed E-state index contributed by atoms with van der Waals surface area (Å²) in [6.45, 7) is 4.54. The number of nitrogens with one attached hydrogen (secondary N) is 1. The zero-order chi connectivity index (χ0) is 12.0. The molecule has 1 aromatic rings. The Balaban J connectivity index is 2.71. The first-order chi connectivity index (χ1) is 7.67. The molecule has 1 rings (SSSR count). The second-order valence-electron chi connectivity index (χ2n) is 3.40. The van der Waals surface area contributed by atoms with Gasteiger partial charge in [0.1, 0.15) is 5.75 Å². The molecule has 0 fully saturated rings. The molecule has 0 spiro atoms. The van der Waals surface area contributed by atoms with Gasteiger partial charge in [0.15, 0.2) is 0 Å². The minimum Gasteiger partial charge on any atom is -0.494 e. The number of hydrogen-bond acceptors (Lipinski definition) is 2. The second-order valence-corrected chi connectivity index (χ2v) is 4.19. The van der Waals surface area contributed by atoms with Crippen LogP contribution in [0.15, 0.2) is 18.2 Å². The van der Waals surface area contributed by atoms with Gasteiger partial charge in [-0.05, 0) is 37.6 Å². The molecule has 0 aromatic heterocycles. The third-order valence-corrected chi connectivity index (χ3v) is 2.50. The molecule has 0 aliphatic heterocycles. The Labute approximate surface area is 104 Å². The number of anilines is 1. The molecule has 16 heavy (non-hydrogen) atoms. The van der Waals surface area contributed by atoms with Crippen LogP contribution in [0, 0.1) is 6.92 Å². The highest BCUT2D eigenvalue weighted by Gasteiger charge is 2.04. The number of amides is 1. The molecular weight excluding hydrogens is 270 g/mol. The SMILES string of the molecule is CCOc1ccc(NC(=O)CCBr)c(C)c1. The number of ether oxygens (including phenoxy) is 1. The first kappa shape index (κ1) is 13.0. The fourth-order valence-electron chi connectivity index (χ4n) is 1.33. The minimum absolute atomic E-state index is 0.0177. The lowest BCUT2D eigenvalue weighted by Gasteiger charge is -2.10. The number of carbonyl (C=O) groups excluding carboxylic acids is 1. The van der Waals surface area contributed by atoms with E-state index in [4.69, 9.17) is 4.74 Å². The van der Waals surface area contributed by atoms with Crippen molar-refractivity contribution in [3.05, 3.63) is 23.8 Å². The summed E-state index contributed by atoms with van der Waals surface area (Å²) in [6, 6.07) is 5.65. The highest BCUT2D eigenvalue weighted by molar-refractivity contribution is 9.09. The van der Waals surface area contributed by atoms with Crippen LogP contribution in [0.5, 0.6) is 5.75 Å². The number of benzene rings is 1. The Bertz CT molecular complexity index is 366. The average Bonchev–Trinajstić information content (AvgIpc) is 2.23. The molecule has 0 unspecified atom stereocenters. The van der Waals surface area contributed by atoms with Gasteiger partial charge in [0, 0.05) is 17.4 Å². The molecule has 1 N–H and O–H groups in total. The van der Waals surface area contributed by atoms with Gasteiger partial charge in [-0.3, -0.25) is 4.79 Å². The van der Waals surface area contributed by atoms with Crippen molar-refractivity contribution < 1.29 is 9.53 Å². The monoisotopic (exact) mass is 285 g/mol. The Morgan fingerprint density at radius 2 is 2.25 bits per heavy atom. The number of hydrogen-bond donors (Lipinski definition) is 1. The van der Waals surface area contributed by atoms with Crippen molar-refractivity contribution in [3.8, 4) is 5.75 Å². The van der Waals surface area contributed by atoms with Gasteiger partial charge in [-0.25, -0.2) is 0 Å². The topological polar surface area (TPSA) is 38.3 Å². The van der Waals surface area contributed by atoms with Crippen molar-refractivity contribution in [3.63, 3.8) is 0 Å². The summed E-state index contributed by atoms with van der Waals surface area (Å²) in [6.07, 6.45) is 0.479. The normalized spacial score (nSPS) is 9.94. The van der Waals surface area contributed by atoms with Crippen LogP contribution in [0.2, 0.25) is 0 Å². The average molecular weight is 286 g/mol. The summed E-state index contributed by atoms with van der Waals surface area (Å²) in [4.78, 5) is 11.4. The van der Waals surface area contributed by atoms with E-state index in [1.807, 2.05) is 32.0 Å². The van der Waals surface area contributed by atoms with E-state index in [0.717, 1.165) is 17.0 Å². The van der Waals surface area contributed by atoms with E-state index in [0.29, 0.717) is 18.4 Å². The van der Waals surface area contributed by atoms with Crippen molar-refractivity contribution in [2.24, 2.45) is 0 Å². The summed E-state index contributed by atoms with van der Waals surface area (Å²) in [7, 11) is 0. The van der Waals surface area contributed by atoms with E-state index >= 15 is 0 Å². The number of halogens is 1. The third kappa shape index (κ3) is 3.85. The molecule has 0 aliphatic carbocycles. The molecule has 0 radical (unpaired) electrons. The fourth-order valence-corrected chi connectivity index (χ4v) is 1.69. The number of rotatable bonds is 5. The molecule has 0 bridgehead atoms. The van der Waals surface area contributed by atoms with Crippen molar-refractivity contribution in [1.29, 1.82) is 0 Å². The molecular formula is C12H16BrNO2. The van der Waals surface area contributed by atoms with Gasteiger partial charge in [0.2, 0.25) is 5.91 Å². The van der Waals surface area contributed by atoms with Crippen LogP contribution in [-0.4, -0.2) is 17.8 Å². The molecule has 1 amide bonds. The molecule has 0 saturated carbocycles. The van der Waals surface area contributed by atoms with Gasteiger partial charge in [0.05, 0.1) is 6.61 Å². The van der Waals surface area contributed by atoms with Gasteiger partial charge in [-0.2, -0.15) is 0 Å². The molecule has 0 atom stereocenters. The van der Waals surface area contributed by atoms with Crippen LogP contribution in [-0.2, 0) is 4.79 Å². The molecule has 0 aliphatic rings. The van der Waals surface area contributed by atoms with Crippen molar-refractivity contribution in [2.75, 3.05) is 17.3 Å². The first-order valence-corrected chi connectivity index (χ1v) is 6.38. The molecule has 0 saturated heterocycles. The zero-order valence-corrected chi connectivity index (χ0v) is 11.1. The standard InChI is InChI=1S/C12H16BrNO2/c1-3-16-10-4-5-11(9(2)8-10)14-12(15)6-7-13/h4-5,8H,3,6-7H2,1-2H3,(H,14,15). The summed E-state index contributed by atoms with van der Waals surface area (Å²) in [5, 5.41) is 3.53. The van der Waals surface area contributed by atoms with Gasteiger partial charge in [-0.15, -0.1) is 0 Å². The van der Waals surface area contributed by atoms with Gasteiger partial charge in [0.25, 0.3) is 0 Å². The summed E-state index contributed by atoms with van der Waals surface area (Å²) >= 11 is 3.23. The van der Waals surface area contributed by atoms with Crippen molar-refractivity contribution in [1.82, 2.24) is 0 Å². The van der Waals surface area contributed by atoms with E-state index in [1.165, 1.54) is 0 Å². The zero-order valence-electron chi connectivity index (χ0n) is 9.55. The van der Waals surface area contributed by atoms with Crippen LogP contribution >= 0.6 is 15.9 Å². The molecule has 1 aromatic carbocycles. The van der Waals surface area contributed by atoms with Crippen LogP contribution in [0.25, 0.3) is 0 Å². The summed E-state index contributed by atoms with van der Waals surface area (Å²) < 4.78 is 5.37. The number of aryl methyl sites for hydroxylation is 1. The van der Waals surface area contributed by atoms with E-state index in [2.05, 4.69) is 21.2 Å². The maximum Gasteiger partial charge on any atom is 0.225 e. The largest absolute Gasteiger partial charge is 0.494 e. The number of alkyl halides is 1. The highest BCUT2D eigenvalue weighted by Crippen LogP contribution is 2.21. The van der Waals surface area contributed by atoms with Crippen LogP contribution in [0.1, 0.15) is 18.9 Å². The van der Waals surface area contributed by atoms with Gasteiger partial charge < -0.3 is 10.1 Å². The van der Waals surface area contributed by atoms with Gasteiger partial charge >= 0.3 is 0 Å². The van der Waals surface area contributed by atoms with Crippen LogP contribution in [0.3, 0.4) is 0 Å². The predicted octanol–water partition coefficient (Wildman–Crippen LogP) is 3.12. The lowest BCUT2D eigenvalue weighted by atomic mass is 10.2. The van der Waals surface area contributed by atoms with E-state index in [9.17, 15) is 4.79 Å². The Morgan fingerprint density at radius 1 is 1.50 bits per heavy atom. The maximum absolute atomic E-state index is 11.4. The van der Waals surface area contributed by atoms with Crippen molar-refractivity contribution >= 4 is 27.5 Å². The van der Waals surface area contributed by atoms with E-state index < -0.39 is 0 Å². The van der Waals surface area contributed by atoms with E-state index in [-0.39, 0.29) is 5.91 Å². The van der Waals surface area contributed by atoms with Crippen LogP contribution < -0.4 is 10.1 Å². The fraction of sp³-hybridized carbons (Fsp3) is 0.417. The summed E-state index contributed by atoms with van der Waals surface area (Å²) in [5.41, 5.74) is 1.85. The minimum atomic E-state index is 0.0177. The Kier molecular flexibility index (Phi) is 5.32. The first-order valence-electron chi connectivity index (χ1n) is 5.26. The smallest absolute Gasteiger partial charge is 0.225 e. The Morgan fingerprint density at radius 3 is 2.81 bits per heavy atom. The molecule has 3 nitrogen and oxygen atoms in total. The molecule has 0 heterocycles. The number of carbonyl (C=O) groups is 1. The Hall–Kier alpha value is -1.03. The molecule has 88 valence electrons. The lowest BCUT2D eigenvalue weighted by molar-refractivity contribution is -0.115. The van der Waals surface area contributed by atoms with E-state index in [1.54, 1.807) is 0 Å².